The van der Waals surface area contributed by atoms with Crippen molar-refractivity contribution in [3.8, 4) is 0 Å². The van der Waals surface area contributed by atoms with E-state index in [4.69, 9.17) is 9.47 Å². The van der Waals surface area contributed by atoms with Gasteiger partial charge in [-0.1, -0.05) is 13.8 Å². The predicted molar refractivity (Wildman–Crippen MR) is 105 cm³/mol. The Kier molecular flexibility index (Phi) is 20.8. The molecule has 0 aromatic carbocycles. The van der Waals surface area contributed by atoms with Gasteiger partial charge in [-0.25, -0.2) is 0 Å². The van der Waals surface area contributed by atoms with E-state index < -0.39 is 0 Å². The van der Waals surface area contributed by atoms with Crippen molar-refractivity contribution in [2.75, 3.05) is 46.1 Å². The Morgan fingerprint density at radius 2 is 1.73 bits per heavy atom. The number of aliphatic imine (C=N–C) groups is 1. The minimum absolute atomic E-state index is 0. The van der Waals surface area contributed by atoms with Crippen molar-refractivity contribution >= 4 is 29.9 Å². The highest BCUT2D eigenvalue weighted by atomic mass is 127. The second kappa shape index (κ2) is 19.0. The standard InChI is InChI=1S/C16H35N3O2.HI/c1-5-17-16(18-10-7-8-12-20-6-2)19-11-9-13-21-14-15(3)4;/h15H,5-14H2,1-4H3,(H2,17,18,19);1H. The lowest BCUT2D eigenvalue weighted by Gasteiger charge is -2.11. The first kappa shape index (κ1) is 24.2. The summed E-state index contributed by atoms with van der Waals surface area (Å²) in [7, 11) is 0. The first-order chi connectivity index (χ1) is 10.2. The van der Waals surface area contributed by atoms with Crippen molar-refractivity contribution in [1.29, 1.82) is 0 Å². The molecule has 0 aliphatic heterocycles. The van der Waals surface area contributed by atoms with Crippen molar-refractivity contribution in [2.45, 2.75) is 47.0 Å². The van der Waals surface area contributed by atoms with Gasteiger partial charge >= 0.3 is 0 Å². The van der Waals surface area contributed by atoms with E-state index in [1.165, 1.54) is 0 Å². The minimum atomic E-state index is 0. The summed E-state index contributed by atoms with van der Waals surface area (Å²) in [6, 6.07) is 0. The largest absolute Gasteiger partial charge is 0.382 e. The second-order valence-corrected chi connectivity index (χ2v) is 5.41. The molecule has 134 valence electrons. The highest BCUT2D eigenvalue weighted by Crippen LogP contribution is 1.94. The van der Waals surface area contributed by atoms with E-state index in [0.29, 0.717) is 5.92 Å². The predicted octanol–water partition coefficient (Wildman–Crippen LogP) is 3.04. The molecule has 0 fully saturated rings. The average molecular weight is 429 g/mol. The molecular formula is C16H36IN3O2. The molecule has 0 aromatic rings. The molecule has 0 heterocycles. The molecule has 2 N–H and O–H groups in total. The molecular weight excluding hydrogens is 393 g/mol. The lowest BCUT2D eigenvalue weighted by Crippen LogP contribution is -2.38. The van der Waals surface area contributed by atoms with E-state index in [1.807, 2.05) is 6.92 Å². The molecule has 0 saturated heterocycles. The maximum atomic E-state index is 5.55. The van der Waals surface area contributed by atoms with Crippen LogP contribution in [0.15, 0.2) is 4.99 Å². The fourth-order valence-electron chi connectivity index (χ4n) is 1.70. The first-order valence-electron chi connectivity index (χ1n) is 8.38. The van der Waals surface area contributed by atoms with Crippen LogP contribution in [0.3, 0.4) is 0 Å². The molecule has 0 aliphatic carbocycles. The lowest BCUT2D eigenvalue weighted by atomic mass is 10.2. The molecule has 0 aliphatic rings. The van der Waals surface area contributed by atoms with Crippen LogP contribution in [0.5, 0.6) is 0 Å². The van der Waals surface area contributed by atoms with E-state index in [2.05, 4.69) is 36.4 Å². The number of unbranched alkanes of at least 4 members (excludes halogenated alkanes) is 1. The number of halogens is 1. The number of hydrogen-bond acceptors (Lipinski definition) is 3. The van der Waals surface area contributed by atoms with Gasteiger partial charge in [0.2, 0.25) is 0 Å². The van der Waals surface area contributed by atoms with E-state index >= 15 is 0 Å². The van der Waals surface area contributed by atoms with Crippen LogP contribution in [0.2, 0.25) is 0 Å². The van der Waals surface area contributed by atoms with Crippen LogP contribution in [0.1, 0.15) is 47.0 Å². The number of guanidine groups is 1. The Bertz CT molecular complexity index is 252. The van der Waals surface area contributed by atoms with E-state index in [0.717, 1.165) is 71.3 Å². The van der Waals surface area contributed by atoms with Gasteiger partial charge in [0, 0.05) is 46.1 Å². The number of nitrogens with one attached hydrogen (secondary N) is 2. The summed E-state index contributed by atoms with van der Waals surface area (Å²) >= 11 is 0. The van der Waals surface area contributed by atoms with Gasteiger partial charge in [0.1, 0.15) is 0 Å². The van der Waals surface area contributed by atoms with Gasteiger partial charge in [-0.15, -0.1) is 24.0 Å². The first-order valence-corrected chi connectivity index (χ1v) is 8.38. The summed E-state index contributed by atoms with van der Waals surface area (Å²) in [6.45, 7) is 14.3. The zero-order valence-corrected chi connectivity index (χ0v) is 17.2. The molecule has 0 rings (SSSR count). The Balaban J connectivity index is 0. The van der Waals surface area contributed by atoms with Crippen molar-refractivity contribution in [2.24, 2.45) is 10.9 Å². The van der Waals surface area contributed by atoms with Crippen LogP contribution in [0.4, 0.5) is 0 Å². The average Bonchev–Trinajstić information content (AvgIpc) is 2.45. The zero-order valence-electron chi connectivity index (χ0n) is 14.8. The smallest absolute Gasteiger partial charge is 0.191 e. The summed E-state index contributed by atoms with van der Waals surface area (Å²) < 4.78 is 10.9. The summed E-state index contributed by atoms with van der Waals surface area (Å²) in [5.41, 5.74) is 0. The molecule has 6 heteroatoms. The number of nitrogens with zero attached hydrogens (tertiary/aromatic N) is 1. The molecule has 0 atom stereocenters. The van der Waals surface area contributed by atoms with Gasteiger partial charge in [0.15, 0.2) is 5.96 Å². The second-order valence-electron chi connectivity index (χ2n) is 5.41. The molecule has 0 radical (unpaired) electrons. The van der Waals surface area contributed by atoms with Crippen molar-refractivity contribution in [1.82, 2.24) is 10.6 Å². The number of hydrogen-bond donors (Lipinski definition) is 2. The van der Waals surface area contributed by atoms with Gasteiger partial charge in [-0.05, 0) is 39.0 Å². The number of rotatable bonds is 13. The maximum Gasteiger partial charge on any atom is 0.191 e. The van der Waals surface area contributed by atoms with E-state index in [1.54, 1.807) is 0 Å². The van der Waals surface area contributed by atoms with E-state index in [-0.39, 0.29) is 24.0 Å². The zero-order chi connectivity index (χ0) is 15.8. The topological polar surface area (TPSA) is 54.9 Å². The highest BCUT2D eigenvalue weighted by Gasteiger charge is 1.97. The molecule has 5 nitrogen and oxygen atoms in total. The fourth-order valence-corrected chi connectivity index (χ4v) is 1.70. The van der Waals surface area contributed by atoms with Gasteiger partial charge in [0.25, 0.3) is 0 Å². The van der Waals surface area contributed by atoms with Crippen molar-refractivity contribution in [3.63, 3.8) is 0 Å². The third-order valence-electron chi connectivity index (χ3n) is 2.72. The highest BCUT2D eigenvalue weighted by molar-refractivity contribution is 14.0. The van der Waals surface area contributed by atoms with Crippen LogP contribution in [-0.4, -0.2) is 52.0 Å². The summed E-state index contributed by atoms with van der Waals surface area (Å²) in [5, 5.41) is 6.61. The van der Waals surface area contributed by atoms with Gasteiger partial charge in [0.05, 0.1) is 0 Å². The Morgan fingerprint density at radius 3 is 2.36 bits per heavy atom. The normalized spacial score (nSPS) is 11.4. The van der Waals surface area contributed by atoms with Crippen LogP contribution in [0.25, 0.3) is 0 Å². The molecule has 0 saturated carbocycles. The quantitative estimate of drug-likeness (QED) is 0.205. The minimum Gasteiger partial charge on any atom is -0.382 e. The molecule has 0 bridgehead atoms. The van der Waals surface area contributed by atoms with Crippen molar-refractivity contribution in [3.05, 3.63) is 0 Å². The third kappa shape index (κ3) is 18.0. The SMILES string of the molecule is CCNC(=NCCCOCC(C)C)NCCCCOCC.I. The number of ether oxygens (including phenoxy) is 2. The van der Waals surface area contributed by atoms with Crippen LogP contribution < -0.4 is 10.6 Å². The molecule has 22 heavy (non-hydrogen) atoms. The Labute approximate surface area is 154 Å². The molecule has 0 aromatic heterocycles. The fraction of sp³-hybridized carbons (Fsp3) is 0.938. The maximum absolute atomic E-state index is 5.55. The summed E-state index contributed by atoms with van der Waals surface area (Å²) in [4.78, 5) is 4.55. The van der Waals surface area contributed by atoms with Crippen LogP contribution in [0, 0.1) is 5.92 Å². The van der Waals surface area contributed by atoms with Crippen molar-refractivity contribution < 1.29 is 9.47 Å². The van der Waals surface area contributed by atoms with Gasteiger partial charge < -0.3 is 20.1 Å². The summed E-state index contributed by atoms with van der Waals surface area (Å²) in [6.07, 6.45) is 3.15. The summed E-state index contributed by atoms with van der Waals surface area (Å²) in [5.74, 6) is 1.50. The molecule has 0 unspecified atom stereocenters. The Hall–Kier alpha value is -0.0800. The van der Waals surface area contributed by atoms with Gasteiger partial charge in [-0.3, -0.25) is 4.99 Å². The van der Waals surface area contributed by atoms with Gasteiger partial charge in [-0.2, -0.15) is 0 Å². The molecule has 0 spiro atoms. The lowest BCUT2D eigenvalue weighted by molar-refractivity contribution is 0.109. The van der Waals surface area contributed by atoms with E-state index in [9.17, 15) is 0 Å². The monoisotopic (exact) mass is 429 g/mol. The Morgan fingerprint density at radius 1 is 1.00 bits per heavy atom. The third-order valence-corrected chi connectivity index (χ3v) is 2.72. The molecule has 0 amide bonds. The van der Waals surface area contributed by atoms with Crippen LogP contribution in [-0.2, 0) is 9.47 Å². The van der Waals surface area contributed by atoms with Crippen LogP contribution >= 0.6 is 24.0 Å².